The molecule has 0 saturated carbocycles. The minimum Gasteiger partial charge on any atom is -0.397 e. The van der Waals surface area contributed by atoms with Crippen LogP contribution >= 0.6 is 34.4 Å². The Morgan fingerprint density at radius 2 is 2.27 bits per heavy atom. The Kier molecular flexibility index (Phi) is 4.98. The van der Waals surface area contributed by atoms with Crippen molar-refractivity contribution in [3.63, 3.8) is 0 Å². The lowest BCUT2D eigenvalue weighted by Crippen LogP contribution is -2.18. The quantitative estimate of drug-likeness (QED) is 0.653. The molecule has 5 heteroatoms. The molecule has 0 aliphatic rings. The second-order valence-electron chi connectivity index (χ2n) is 3.35. The number of nitrogens with one attached hydrogen (secondary N) is 1. The normalized spacial score (nSPS) is 12.5. The molecule has 0 aliphatic carbocycles. The van der Waals surface area contributed by atoms with Crippen molar-refractivity contribution in [3.8, 4) is 0 Å². The van der Waals surface area contributed by atoms with Gasteiger partial charge in [-0.25, -0.2) is 4.39 Å². The van der Waals surface area contributed by atoms with Crippen molar-refractivity contribution in [3.05, 3.63) is 21.5 Å². The molecule has 1 rings (SSSR count). The van der Waals surface area contributed by atoms with Crippen LogP contribution in [0.5, 0.6) is 0 Å². The third-order valence-electron chi connectivity index (χ3n) is 1.91. The van der Waals surface area contributed by atoms with Crippen molar-refractivity contribution in [2.24, 2.45) is 0 Å². The highest BCUT2D eigenvalue weighted by molar-refractivity contribution is 14.1. The predicted octanol–water partition coefficient (Wildman–Crippen LogP) is 3.18. The second-order valence-corrected chi connectivity index (χ2v) is 5.43. The first kappa shape index (κ1) is 12.9. The number of anilines is 2. The zero-order chi connectivity index (χ0) is 11.4. The Balaban J connectivity index is 2.81. The van der Waals surface area contributed by atoms with Gasteiger partial charge >= 0.3 is 0 Å². The summed E-state index contributed by atoms with van der Waals surface area (Å²) in [5.74, 6) is 0.733. The third-order valence-corrected chi connectivity index (χ3v) is 3.57. The van der Waals surface area contributed by atoms with Gasteiger partial charge in [0.05, 0.1) is 14.9 Å². The van der Waals surface area contributed by atoms with Crippen LogP contribution in [0.4, 0.5) is 15.8 Å². The minimum absolute atomic E-state index is 0.233. The largest absolute Gasteiger partial charge is 0.397 e. The summed E-state index contributed by atoms with van der Waals surface area (Å²) in [6, 6.07) is 3.37. The summed E-state index contributed by atoms with van der Waals surface area (Å²) in [6.07, 6.45) is 2.04. The zero-order valence-corrected chi connectivity index (χ0v) is 11.7. The maximum atomic E-state index is 13.3. The molecule has 2 nitrogen and oxygen atoms in total. The van der Waals surface area contributed by atoms with Gasteiger partial charge in [-0.1, -0.05) is 0 Å². The molecule has 15 heavy (non-hydrogen) atoms. The van der Waals surface area contributed by atoms with Gasteiger partial charge in [-0.2, -0.15) is 11.8 Å². The lowest BCUT2D eigenvalue weighted by Gasteiger charge is -2.16. The molecule has 0 heterocycles. The van der Waals surface area contributed by atoms with Gasteiger partial charge in [0.2, 0.25) is 0 Å². The van der Waals surface area contributed by atoms with Crippen LogP contribution in [-0.4, -0.2) is 18.1 Å². The molecule has 0 aromatic heterocycles. The van der Waals surface area contributed by atoms with Gasteiger partial charge < -0.3 is 11.1 Å². The molecule has 0 spiro atoms. The lowest BCUT2D eigenvalue weighted by atomic mass is 10.2. The number of halogens is 2. The van der Waals surface area contributed by atoms with Crippen LogP contribution in [0.1, 0.15) is 6.92 Å². The molecular weight excluding hydrogens is 326 g/mol. The van der Waals surface area contributed by atoms with E-state index in [1.807, 2.05) is 35.8 Å². The van der Waals surface area contributed by atoms with Crippen LogP contribution in [0.2, 0.25) is 0 Å². The van der Waals surface area contributed by atoms with Gasteiger partial charge in [-0.3, -0.25) is 0 Å². The van der Waals surface area contributed by atoms with Crippen LogP contribution in [0.25, 0.3) is 0 Å². The number of rotatable bonds is 4. The molecule has 0 saturated heterocycles. The SMILES string of the molecule is CSCC(C)Nc1cc(F)c(I)cc1N. The molecule has 0 radical (unpaired) electrons. The Morgan fingerprint density at radius 3 is 2.87 bits per heavy atom. The summed E-state index contributed by atoms with van der Waals surface area (Å²) in [5.41, 5.74) is 7.06. The summed E-state index contributed by atoms with van der Waals surface area (Å²) in [6.45, 7) is 2.05. The first-order chi connectivity index (χ1) is 7.04. The summed E-state index contributed by atoms with van der Waals surface area (Å²) in [4.78, 5) is 0. The average Bonchev–Trinajstić information content (AvgIpc) is 2.14. The van der Waals surface area contributed by atoms with E-state index in [0.717, 1.165) is 5.75 Å². The van der Waals surface area contributed by atoms with E-state index < -0.39 is 0 Å². The maximum Gasteiger partial charge on any atom is 0.138 e. The van der Waals surface area contributed by atoms with Crippen LogP contribution in [0.3, 0.4) is 0 Å². The van der Waals surface area contributed by atoms with E-state index in [1.54, 1.807) is 17.8 Å². The standard InChI is InChI=1S/C10H14FIN2S/c1-6(5-15-2)14-10-3-7(11)8(12)4-9(10)13/h3-4,6,14H,5,13H2,1-2H3. The maximum absolute atomic E-state index is 13.3. The van der Waals surface area contributed by atoms with Crippen LogP contribution in [-0.2, 0) is 0 Å². The Morgan fingerprint density at radius 1 is 1.60 bits per heavy atom. The minimum atomic E-state index is -0.233. The number of benzene rings is 1. The molecule has 1 aromatic rings. The van der Waals surface area contributed by atoms with E-state index in [9.17, 15) is 4.39 Å². The molecule has 0 aliphatic heterocycles. The van der Waals surface area contributed by atoms with Crippen molar-refractivity contribution in [1.82, 2.24) is 0 Å². The Bertz CT molecular complexity index is 346. The van der Waals surface area contributed by atoms with E-state index in [1.165, 1.54) is 6.07 Å². The fourth-order valence-corrected chi connectivity index (χ4v) is 2.32. The Hall–Kier alpha value is -0.170. The van der Waals surface area contributed by atoms with Gasteiger partial charge in [0.1, 0.15) is 5.82 Å². The summed E-state index contributed by atoms with van der Waals surface area (Å²) in [5, 5.41) is 3.19. The van der Waals surface area contributed by atoms with Gasteiger partial charge in [0.15, 0.2) is 0 Å². The molecule has 0 fully saturated rings. The topological polar surface area (TPSA) is 38.0 Å². The molecule has 0 bridgehead atoms. The van der Waals surface area contributed by atoms with Crippen molar-refractivity contribution in [2.45, 2.75) is 13.0 Å². The van der Waals surface area contributed by atoms with Crippen molar-refractivity contribution in [1.29, 1.82) is 0 Å². The Labute approximate surface area is 107 Å². The lowest BCUT2D eigenvalue weighted by molar-refractivity contribution is 0.621. The number of nitrogens with two attached hydrogens (primary N) is 1. The van der Waals surface area contributed by atoms with Crippen molar-refractivity contribution >= 4 is 45.7 Å². The van der Waals surface area contributed by atoms with E-state index in [-0.39, 0.29) is 11.9 Å². The molecule has 1 atom stereocenters. The highest BCUT2D eigenvalue weighted by Crippen LogP contribution is 2.24. The highest BCUT2D eigenvalue weighted by atomic mass is 127. The van der Waals surface area contributed by atoms with Gasteiger partial charge in [-0.15, -0.1) is 0 Å². The summed E-state index contributed by atoms with van der Waals surface area (Å²) in [7, 11) is 0. The molecule has 1 unspecified atom stereocenters. The third kappa shape index (κ3) is 3.71. The summed E-state index contributed by atoms with van der Waals surface area (Å²) >= 11 is 3.67. The van der Waals surface area contributed by atoms with E-state index in [2.05, 4.69) is 5.32 Å². The number of hydrogen-bond acceptors (Lipinski definition) is 3. The smallest absolute Gasteiger partial charge is 0.138 e. The van der Waals surface area contributed by atoms with Crippen LogP contribution < -0.4 is 11.1 Å². The summed E-state index contributed by atoms with van der Waals surface area (Å²) < 4.78 is 13.8. The molecular formula is C10H14FIN2S. The molecule has 3 N–H and O–H groups in total. The van der Waals surface area contributed by atoms with E-state index in [4.69, 9.17) is 5.73 Å². The average molecular weight is 340 g/mol. The highest BCUT2D eigenvalue weighted by Gasteiger charge is 2.08. The number of thioether (sulfide) groups is 1. The zero-order valence-electron chi connectivity index (χ0n) is 8.68. The fraction of sp³-hybridized carbons (Fsp3) is 0.400. The van der Waals surface area contributed by atoms with Crippen LogP contribution in [0, 0.1) is 9.39 Å². The second kappa shape index (κ2) is 5.79. The number of hydrogen-bond donors (Lipinski definition) is 2. The van der Waals surface area contributed by atoms with Gasteiger partial charge in [0, 0.05) is 17.9 Å². The van der Waals surface area contributed by atoms with E-state index >= 15 is 0 Å². The fourth-order valence-electron chi connectivity index (χ4n) is 1.24. The van der Waals surface area contributed by atoms with Crippen LogP contribution in [0.15, 0.2) is 12.1 Å². The van der Waals surface area contributed by atoms with Crippen molar-refractivity contribution in [2.75, 3.05) is 23.1 Å². The predicted molar refractivity (Wildman–Crippen MR) is 75.0 cm³/mol. The van der Waals surface area contributed by atoms with E-state index in [0.29, 0.717) is 14.9 Å². The van der Waals surface area contributed by atoms with Gasteiger partial charge in [-0.05, 0) is 41.8 Å². The van der Waals surface area contributed by atoms with Crippen molar-refractivity contribution < 1.29 is 4.39 Å². The first-order valence-electron chi connectivity index (χ1n) is 4.54. The molecule has 1 aromatic carbocycles. The monoisotopic (exact) mass is 340 g/mol. The molecule has 0 amide bonds. The first-order valence-corrected chi connectivity index (χ1v) is 7.02. The number of nitrogen functional groups attached to an aromatic ring is 1. The van der Waals surface area contributed by atoms with Gasteiger partial charge in [0.25, 0.3) is 0 Å². The molecule has 84 valence electrons.